The first-order valence-electron chi connectivity index (χ1n) is 5.75. The molecule has 0 heterocycles. The maximum Gasteiger partial charge on any atom is 0.0608 e. The van der Waals surface area contributed by atoms with E-state index in [-0.39, 0.29) is 0 Å². The molecule has 0 bridgehead atoms. The summed E-state index contributed by atoms with van der Waals surface area (Å²) in [5, 5.41) is 9.71. The van der Waals surface area contributed by atoms with E-state index in [1.54, 1.807) is 0 Å². The Hall–Kier alpha value is -1.22. The van der Waals surface area contributed by atoms with E-state index in [4.69, 9.17) is 5.73 Å². The van der Waals surface area contributed by atoms with Gasteiger partial charge in [-0.05, 0) is 45.4 Å². The summed E-state index contributed by atoms with van der Waals surface area (Å²) in [6.45, 7) is 7.52. The summed E-state index contributed by atoms with van der Waals surface area (Å²) in [7, 11) is 0. The van der Waals surface area contributed by atoms with E-state index in [1.165, 1.54) is 0 Å². The van der Waals surface area contributed by atoms with Crippen LogP contribution >= 0.6 is 0 Å². The van der Waals surface area contributed by atoms with Crippen molar-refractivity contribution >= 4 is 11.4 Å². The Morgan fingerprint density at radius 3 is 2.56 bits per heavy atom. The fourth-order valence-electron chi connectivity index (χ4n) is 1.60. The highest BCUT2D eigenvalue weighted by atomic mass is 16.3. The number of nitrogen functional groups attached to an aromatic ring is 1. The van der Waals surface area contributed by atoms with Gasteiger partial charge in [-0.2, -0.15) is 0 Å². The van der Waals surface area contributed by atoms with E-state index >= 15 is 0 Å². The van der Waals surface area contributed by atoms with Crippen LogP contribution in [0.2, 0.25) is 0 Å². The molecule has 0 saturated heterocycles. The van der Waals surface area contributed by atoms with Crippen LogP contribution in [0, 0.1) is 0 Å². The van der Waals surface area contributed by atoms with Crippen molar-refractivity contribution in [3.63, 3.8) is 0 Å². The van der Waals surface area contributed by atoms with Crippen LogP contribution in [0.4, 0.5) is 11.4 Å². The largest absolute Gasteiger partial charge is 0.399 e. The van der Waals surface area contributed by atoms with Crippen LogP contribution < -0.4 is 10.6 Å². The number of rotatable bonds is 5. The van der Waals surface area contributed by atoms with Gasteiger partial charge in [-0.3, -0.25) is 0 Å². The average Bonchev–Trinajstić information content (AvgIpc) is 2.17. The molecule has 0 aromatic heterocycles. The third-order valence-electron chi connectivity index (χ3n) is 2.61. The molecule has 0 saturated carbocycles. The van der Waals surface area contributed by atoms with Crippen molar-refractivity contribution in [2.24, 2.45) is 0 Å². The highest BCUT2D eigenvalue weighted by Gasteiger charge is 2.14. The number of anilines is 2. The zero-order valence-corrected chi connectivity index (χ0v) is 10.4. The number of hydrogen-bond donors (Lipinski definition) is 2. The summed E-state index contributed by atoms with van der Waals surface area (Å²) in [5.74, 6) is 0. The van der Waals surface area contributed by atoms with Gasteiger partial charge in [0.2, 0.25) is 0 Å². The summed E-state index contributed by atoms with van der Waals surface area (Å²) < 4.78 is 0. The Labute approximate surface area is 97.9 Å². The van der Waals surface area contributed by atoms with Crippen molar-refractivity contribution in [1.82, 2.24) is 0 Å². The van der Waals surface area contributed by atoms with Gasteiger partial charge in [0.25, 0.3) is 0 Å². The zero-order chi connectivity index (χ0) is 12.2. The normalized spacial score (nSPS) is 11.5. The van der Waals surface area contributed by atoms with Crippen molar-refractivity contribution in [3.05, 3.63) is 24.3 Å². The first kappa shape index (κ1) is 12.8. The molecule has 0 unspecified atom stereocenters. The molecule has 0 radical (unpaired) electrons. The first-order chi connectivity index (χ1) is 7.42. The average molecular weight is 222 g/mol. The fraction of sp³-hybridized carbons (Fsp3) is 0.538. The molecule has 1 rings (SSSR count). The van der Waals surface area contributed by atoms with Crippen LogP contribution in [0.5, 0.6) is 0 Å². The summed E-state index contributed by atoms with van der Waals surface area (Å²) in [4.78, 5) is 2.22. The number of benzene rings is 1. The highest BCUT2D eigenvalue weighted by Crippen LogP contribution is 2.19. The van der Waals surface area contributed by atoms with Gasteiger partial charge in [-0.1, -0.05) is 6.07 Å². The molecule has 0 spiro atoms. The summed E-state index contributed by atoms with van der Waals surface area (Å²) in [6, 6.07) is 7.85. The second-order valence-corrected chi connectivity index (χ2v) is 4.74. The van der Waals surface area contributed by atoms with E-state index in [9.17, 15) is 5.11 Å². The molecule has 0 aliphatic carbocycles. The monoisotopic (exact) mass is 222 g/mol. The molecular formula is C13H22N2O. The van der Waals surface area contributed by atoms with Crippen molar-refractivity contribution in [1.29, 1.82) is 0 Å². The van der Waals surface area contributed by atoms with Crippen LogP contribution in [-0.4, -0.2) is 23.8 Å². The molecule has 0 atom stereocenters. The maximum absolute atomic E-state index is 9.71. The van der Waals surface area contributed by atoms with E-state index in [0.29, 0.717) is 0 Å². The van der Waals surface area contributed by atoms with Gasteiger partial charge in [-0.25, -0.2) is 0 Å². The quantitative estimate of drug-likeness (QED) is 0.751. The van der Waals surface area contributed by atoms with E-state index in [2.05, 4.69) is 11.8 Å². The maximum atomic E-state index is 9.71. The SMILES string of the molecule is CCN(CCC(C)(C)O)c1cccc(N)c1. The molecule has 3 nitrogen and oxygen atoms in total. The predicted octanol–water partition coefficient (Wildman–Crippen LogP) is 2.26. The minimum Gasteiger partial charge on any atom is -0.399 e. The Morgan fingerprint density at radius 2 is 2.06 bits per heavy atom. The lowest BCUT2D eigenvalue weighted by atomic mass is 10.1. The molecule has 16 heavy (non-hydrogen) atoms. The Balaban J connectivity index is 2.68. The Kier molecular flexibility index (Phi) is 4.19. The lowest BCUT2D eigenvalue weighted by molar-refractivity contribution is 0.0731. The molecule has 3 N–H and O–H groups in total. The molecule has 1 aromatic rings. The topological polar surface area (TPSA) is 49.5 Å². The van der Waals surface area contributed by atoms with Crippen molar-refractivity contribution < 1.29 is 5.11 Å². The van der Waals surface area contributed by atoms with Gasteiger partial charge in [0.05, 0.1) is 5.60 Å². The van der Waals surface area contributed by atoms with E-state index in [0.717, 1.165) is 30.9 Å². The smallest absolute Gasteiger partial charge is 0.0608 e. The Bertz CT molecular complexity index is 331. The van der Waals surface area contributed by atoms with Gasteiger partial charge in [0, 0.05) is 24.5 Å². The van der Waals surface area contributed by atoms with Crippen LogP contribution in [0.1, 0.15) is 27.2 Å². The fourth-order valence-corrected chi connectivity index (χ4v) is 1.60. The van der Waals surface area contributed by atoms with Crippen molar-refractivity contribution in [3.8, 4) is 0 Å². The lowest BCUT2D eigenvalue weighted by Gasteiger charge is -2.27. The number of hydrogen-bond acceptors (Lipinski definition) is 3. The predicted molar refractivity (Wildman–Crippen MR) is 69.7 cm³/mol. The third kappa shape index (κ3) is 4.11. The van der Waals surface area contributed by atoms with Crippen molar-refractivity contribution in [2.75, 3.05) is 23.7 Å². The second-order valence-electron chi connectivity index (χ2n) is 4.74. The van der Waals surface area contributed by atoms with Crippen molar-refractivity contribution in [2.45, 2.75) is 32.8 Å². The van der Waals surface area contributed by atoms with E-state index < -0.39 is 5.60 Å². The molecule has 0 aliphatic rings. The van der Waals surface area contributed by atoms with Crippen LogP contribution in [-0.2, 0) is 0 Å². The number of nitrogens with two attached hydrogens (primary N) is 1. The lowest BCUT2D eigenvalue weighted by Crippen LogP contribution is -2.30. The van der Waals surface area contributed by atoms with E-state index in [1.807, 2.05) is 38.1 Å². The first-order valence-corrected chi connectivity index (χ1v) is 5.75. The molecule has 0 amide bonds. The number of nitrogens with zero attached hydrogens (tertiary/aromatic N) is 1. The van der Waals surface area contributed by atoms with Crippen LogP contribution in [0.25, 0.3) is 0 Å². The second kappa shape index (κ2) is 5.21. The zero-order valence-electron chi connectivity index (χ0n) is 10.4. The molecular weight excluding hydrogens is 200 g/mol. The minimum atomic E-state index is -0.617. The van der Waals surface area contributed by atoms with Gasteiger partial charge in [0.1, 0.15) is 0 Å². The van der Waals surface area contributed by atoms with Gasteiger partial charge < -0.3 is 15.7 Å². The third-order valence-corrected chi connectivity index (χ3v) is 2.61. The molecule has 90 valence electrons. The van der Waals surface area contributed by atoms with Gasteiger partial charge in [-0.15, -0.1) is 0 Å². The molecule has 0 fully saturated rings. The summed E-state index contributed by atoms with van der Waals surface area (Å²) in [5.41, 5.74) is 7.03. The standard InChI is InChI=1S/C13H22N2O/c1-4-15(9-8-13(2,3)16)12-7-5-6-11(14)10-12/h5-7,10,16H,4,8-9,14H2,1-3H3. The molecule has 1 aromatic carbocycles. The van der Waals surface area contributed by atoms with Gasteiger partial charge in [0.15, 0.2) is 0 Å². The van der Waals surface area contributed by atoms with Crippen LogP contribution in [0.15, 0.2) is 24.3 Å². The summed E-state index contributed by atoms with van der Waals surface area (Å²) in [6.07, 6.45) is 0.746. The number of aliphatic hydroxyl groups is 1. The highest BCUT2D eigenvalue weighted by molar-refractivity contribution is 5.55. The molecule has 0 aliphatic heterocycles. The Morgan fingerprint density at radius 1 is 1.38 bits per heavy atom. The molecule has 3 heteroatoms. The van der Waals surface area contributed by atoms with Crippen LogP contribution in [0.3, 0.4) is 0 Å². The van der Waals surface area contributed by atoms with Gasteiger partial charge >= 0.3 is 0 Å². The minimum absolute atomic E-state index is 0.617. The summed E-state index contributed by atoms with van der Waals surface area (Å²) >= 11 is 0.